The lowest BCUT2D eigenvalue weighted by Crippen LogP contribution is -2.58. The summed E-state index contributed by atoms with van der Waals surface area (Å²) in [4.78, 5) is 14.2. The number of benzene rings is 1. The first-order chi connectivity index (χ1) is 7.98. The van der Waals surface area contributed by atoms with Crippen LogP contribution in [-0.2, 0) is 0 Å². The van der Waals surface area contributed by atoms with Crippen molar-refractivity contribution in [1.82, 2.24) is 10.2 Å². The summed E-state index contributed by atoms with van der Waals surface area (Å²) in [5, 5.41) is 3.41. The third-order valence-electron chi connectivity index (χ3n) is 3.16. The molecule has 3 heteroatoms. The molecule has 0 spiro atoms. The molecule has 1 aromatic carbocycles. The molecule has 2 rings (SSSR count). The lowest BCUT2D eigenvalue weighted by molar-refractivity contribution is 0.0652. The molecule has 1 saturated heterocycles. The fourth-order valence-electron chi connectivity index (χ4n) is 2.19. The predicted molar refractivity (Wildman–Crippen MR) is 69.2 cm³/mol. The maximum absolute atomic E-state index is 12.3. The molecule has 0 aliphatic carbocycles. The molecule has 1 N–H and O–H groups in total. The number of carbonyl (C=O) groups is 1. The van der Waals surface area contributed by atoms with Crippen LogP contribution in [0.1, 0.15) is 29.8 Å². The van der Waals surface area contributed by atoms with Crippen LogP contribution in [0.3, 0.4) is 0 Å². The van der Waals surface area contributed by atoms with Crippen molar-refractivity contribution in [2.75, 3.05) is 19.6 Å². The van der Waals surface area contributed by atoms with E-state index >= 15 is 0 Å². The van der Waals surface area contributed by atoms with Gasteiger partial charge in [0.15, 0.2) is 0 Å². The van der Waals surface area contributed by atoms with E-state index in [1.807, 2.05) is 36.1 Å². The number of nitrogens with one attached hydrogen (secondary N) is 1. The number of aryl methyl sites for hydroxylation is 1. The van der Waals surface area contributed by atoms with Crippen LogP contribution < -0.4 is 5.32 Å². The third kappa shape index (κ3) is 2.86. The number of hydrogen-bond donors (Lipinski definition) is 1. The molecular formula is C14H20N2O. The molecule has 0 saturated carbocycles. The van der Waals surface area contributed by atoms with Gasteiger partial charge in [-0.15, -0.1) is 0 Å². The summed E-state index contributed by atoms with van der Waals surface area (Å²) in [5.41, 5.74) is 1.98. The van der Waals surface area contributed by atoms with Gasteiger partial charge in [-0.1, -0.05) is 17.7 Å². The molecular weight excluding hydrogens is 212 g/mol. The molecule has 0 bridgehead atoms. The topological polar surface area (TPSA) is 32.3 Å². The highest BCUT2D eigenvalue weighted by molar-refractivity contribution is 5.94. The van der Waals surface area contributed by atoms with Gasteiger partial charge in [-0.05, 0) is 32.9 Å². The van der Waals surface area contributed by atoms with E-state index in [0.717, 1.165) is 25.2 Å². The summed E-state index contributed by atoms with van der Waals surface area (Å²) in [6.45, 7) is 8.70. The second-order valence-electron chi connectivity index (χ2n) is 5.40. The highest BCUT2D eigenvalue weighted by atomic mass is 16.2. The minimum absolute atomic E-state index is 0.0125. The number of hydrogen-bond acceptors (Lipinski definition) is 2. The Morgan fingerprint density at radius 3 is 2.53 bits per heavy atom. The van der Waals surface area contributed by atoms with Crippen LogP contribution in [0.2, 0.25) is 0 Å². The number of rotatable bonds is 1. The second-order valence-corrected chi connectivity index (χ2v) is 5.40. The molecule has 1 aromatic rings. The Bertz CT molecular complexity index is 409. The molecule has 17 heavy (non-hydrogen) atoms. The van der Waals surface area contributed by atoms with Crippen LogP contribution in [0, 0.1) is 6.92 Å². The summed E-state index contributed by atoms with van der Waals surface area (Å²) in [6.07, 6.45) is 0. The first-order valence-electron chi connectivity index (χ1n) is 6.09. The summed E-state index contributed by atoms with van der Waals surface area (Å²) in [7, 11) is 0. The Kier molecular flexibility index (Phi) is 3.20. The zero-order valence-electron chi connectivity index (χ0n) is 10.8. The highest BCUT2D eigenvalue weighted by Crippen LogP contribution is 2.14. The van der Waals surface area contributed by atoms with E-state index in [2.05, 4.69) is 19.2 Å². The molecule has 3 nitrogen and oxygen atoms in total. The van der Waals surface area contributed by atoms with Gasteiger partial charge in [-0.25, -0.2) is 0 Å². The van der Waals surface area contributed by atoms with Crippen molar-refractivity contribution in [2.45, 2.75) is 26.3 Å². The highest BCUT2D eigenvalue weighted by Gasteiger charge is 2.28. The van der Waals surface area contributed by atoms with Gasteiger partial charge in [0.2, 0.25) is 0 Å². The predicted octanol–water partition coefficient (Wildman–Crippen LogP) is 1.82. The van der Waals surface area contributed by atoms with Gasteiger partial charge < -0.3 is 10.2 Å². The largest absolute Gasteiger partial charge is 0.336 e. The van der Waals surface area contributed by atoms with E-state index in [1.165, 1.54) is 5.56 Å². The first-order valence-corrected chi connectivity index (χ1v) is 6.09. The Hall–Kier alpha value is -1.35. The van der Waals surface area contributed by atoms with E-state index < -0.39 is 0 Å². The van der Waals surface area contributed by atoms with Gasteiger partial charge in [0.05, 0.1) is 0 Å². The zero-order chi connectivity index (χ0) is 12.5. The lowest BCUT2D eigenvalue weighted by atomic mass is 10.0. The third-order valence-corrected chi connectivity index (χ3v) is 3.16. The minimum atomic E-state index is 0.0125. The average Bonchev–Trinajstić information content (AvgIpc) is 2.28. The number of amides is 1. The van der Waals surface area contributed by atoms with Gasteiger partial charge >= 0.3 is 0 Å². The normalized spacial score (nSPS) is 19.1. The van der Waals surface area contributed by atoms with Gasteiger partial charge in [0, 0.05) is 30.7 Å². The molecule has 1 amide bonds. The van der Waals surface area contributed by atoms with Crippen molar-refractivity contribution < 1.29 is 4.79 Å². The van der Waals surface area contributed by atoms with Crippen molar-refractivity contribution in [3.05, 3.63) is 35.4 Å². The molecule has 0 unspecified atom stereocenters. The quantitative estimate of drug-likeness (QED) is 0.801. The maximum Gasteiger partial charge on any atom is 0.253 e. The Labute approximate surface area is 103 Å². The van der Waals surface area contributed by atoms with Crippen LogP contribution in [0.5, 0.6) is 0 Å². The van der Waals surface area contributed by atoms with Crippen molar-refractivity contribution in [1.29, 1.82) is 0 Å². The summed E-state index contributed by atoms with van der Waals surface area (Å²) in [5.74, 6) is 0.138. The van der Waals surface area contributed by atoms with Crippen LogP contribution >= 0.6 is 0 Å². The van der Waals surface area contributed by atoms with E-state index in [4.69, 9.17) is 0 Å². The summed E-state index contributed by atoms with van der Waals surface area (Å²) >= 11 is 0. The standard InChI is InChI=1S/C14H20N2O/c1-11-4-6-12(7-5-11)13(17)16-9-8-15-14(2,3)10-16/h4-7,15H,8-10H2,1-3H3. The van der Waals surface area contributed by atoms with E-state index in [0.29, 0.717) is 0 Å². The van der Waals surface area contributed by atoms with Crippen LogP contribution in [-0.4, -0.2) is 36.0 Å². The van der Waals surface area contributed by atoms with Gasteiger partial charge in [0.25, 0.3) is 5.91 Å². The molecule has 0 aromatic heterocycles. The van der Waals surface area contributed by atoms with Gasteiger partial charge in [-0.2, -0.15) is 0 Å². The monoisotopic (exact) mass is 232 g/mol. The molecule has 0 atom stereocenters. The lowest BCUT2D eigenvalue weighted by Gasteiger charge is -2.39. The molecule has 92 valence electrons. The van der Waals surface area contributed by atoms with Crippen molar-refractivity contribution in [3.8, 4) is 0 Å². The average molecular weight is 232 g/mol. The van der Waals surface area contributed by atoms with Crippen LogP contribution in [0.4, 0.5) is 0 Å². The van der Waals surface area contributed by atoms with Crippen LogP contribution in [0.25, 0.3) is 0 Å². The SMILES string of the molecule is Cc1ccc(C(=O)N2CCNC(C)(C)C2)cc1. The smallest absolute Gasteiger partial charge is 0.253 e. The van der Waals surface area contributed by atoms with E-state index in [-0.39, 0.29) is 11.4 Å². The van der Waals surface area contributed by atoms with E-state index in [9.17, 15) is 4.79 Å². The van der Waals surface area contributed by atoms with Gasteiger partial charge in [0.1, 0.15) is 0 Å². The summed E-state index contributed by atoms with van der Waals surface area (Å²) in [6, 6.07) is 7.79. The first kappa shape index (κ1) is 12.1. The second kappa shape index (κ2) is 4.49. The number of piperazine rings is 1. The Morgan fingerprint density at radius 2 is 1.94 bits per heavy atom. The van der Waals surface area contributed by atoms with Crippen molar-refractivity contribution in [2.24, 2.45) is 0 Å². The number of carbonyl (C=O) groups excluding carboxylic acids is 1. The van der Waals surface area contributed by atoms with E-state index in [1.54, 1.807) is 0 Å². The molecule has 0 radical (unpaired) electrons. The maximum atomic E-state index is 12.3. The van der Waals surface area contributed by atoms with Gasteiger partial charge in [-0.3, -0.25) is 4.79 Å². The molecule has 1 heterocycles. The van der Waals surface area contributed by atoms with Crippen molar-refractivity contribution >= 4 is 5.91 Å². The Balaban J connectivity index is 2.12. The minimum Gasteiger partial charge on any atom is -0.336 e. The number of nitrogens with zero attached hydrogens (tertiary/aromatic N) is 1. The Morgan fingerprint density at radius 1 is 1.29 bits per heavy atom. The van der Waals surface area contributed by atoms with Crippen molar-refractivity contribution in [3.63, 3.8) is 0 Å². The molecule has 1 aliphatic rings. The zero-order valence-corrected chi connectivity index (χ0v) is 10.8. The fourth-order valence-corrected chi connectivity index (χ4v) is 2.19. The molecule has 1 fully saturated rings. The fraction of sp³-hybridized carbons (Fsp3) is 0.500. The molecule has 1 aliphatic heterocycles. The summed E-state index contributed by atoms with van der Waals surface area (Å²) < 4.78 is 0. The van der Waals surface area contributed by atoms with Crippen LogP contribution in [0.15, 0.2) is 24.3 Å².